The minimum absolute atomic E-state index is 0.140. The van der Waals surface area contributed by atoms with Crippen molar-refractivity contribution in [3.63, 3.8) is 0 Å². The Morgan fingerprint density at radius 1 is 1.56 bits per heavy atom. The van der Waals surface area contributed by atoms with Crippen LogP contribution in [0, 0.1) is 22.7 Å². The third-order valence-corrected chi connectivity index (χ3v) is 3.21. The van der Waals surface area contributed by atoms with Gasteiger partial charge in [-0.1, -0.05) is 6.92 Å². The van der Waals surface area contributed by atoms with Crippen LogP contribution >= 0.6 is 0 Å². The predicted molar refractivity (Wildman–Crippen MR) is 60.4 cm³/mol. The van der Waals surface area contributed by atoms with Crippen LogP contribution in [0.25, 0.3) is 0 Å². The fourth-order valence-corrected chi connectivity index (χ4v) is 2.02. The lowest BCUT2D eigenvalue weighted by Crippen LogP contribution is -2.45. The standard InChI is InChI=1S/C12H20N2O2/c1-9(6-10(2)15)7-14-11(16)12(8-13)4-3-5-12/h9-10,15H,3-7H2,1-2H3,(H,14,16). The second-order valence-corrected chi connectivity index (χ2v) is 4.95. The number of nitrogens with zero attached hydrogens (tertiary/aromatic N) is 1. The van der Waals surface area contributed by atoms with E-state index in [2.05, 4.69) is 11.4 Å². The van der Waals surface area contributed by atoms with E-state index in [-0.39, 0.29) is 17.9 Å². The maximum atomic E-state index is 11.8. The second-order valence-electron chi connectivity index (χ2n) is 4.95. The summed E-state index contributed by atoms with van der Waals surface area (Å²) in [6, 6.07) is 2.12. The van der Waals surface area contributed by atoms with Gasteiger partial charge in [-0.3, -0.25) is 4.79 Å². The van der Waals surface area contributed by atoms with E-state index in [1.807, 2.05) is 6.92 Å². The Hall–Kier alpha value is -1.08. The van der Waals surface area contributed by atoms with E-state index in [1.54, 1.807) is 6.92 Å². The van der Waals surface area contributed by atoms with Gasteiger partial charge >= 0.3 is 0 Å². The molecule has 0 aromatic heterocycles. The second kappa shape index (κ2) is 5.31. The van der Waals surface area contributed by atoms with Crippen LogP contribution in [0.1, 0.15) is 39.5 Å². The highest BCUT2D eigenvalue weighted by Gasteiger charge is 2.44. The van der Waals surface area contributed by atoms with Crippen LogP contribution in [0.4, 0.5) is 0 Å². The monoisotopic (exact) mass is 224 g/mol. The molecule has 1 fully saturated rings. The predicted octanol–water partition coefficient (Wildman–Crippen LogP) is 1.20. The Balaban J connectivity index is 2.33. The van der Waals surface area contributed by atoms with E-state index in [4.69, 9.17) is 5.26 Å². The number of rotatable bonds is 5. The summed E-state index contributed by atoms with van der Waals surface area (Å²) in [5.74, 6) is 0.0958. The van der Waals surface area contributed by atoms with Crippen molar-refractivity contribution in [2.45, 2.75) is 45.6 Å². The molecule has 1 rings (SSSR count). The first-order valence-electron chi connectivity index (χ1n) is 5.88. The zero-order valence-corrected chi connectivity index (χ0v) is 9.99. The molecule has 0 aromatic rings. The molecule has 0 heterocycles. The van der Waals surface area contributed by atoms with Gasteiger partial charge in [0.05, 0.1) is 12.2 Å². The molecule has 0 saturated heterocycles. The third kappa shape index (κ3) is 2.96. The first-order valence-corrected chi connectivity index (χ1v) is 5.88. The highest BCUT2D eigenvalue weighted by Crippen LogP contribution is 2.40. The summed E-state index contributed by atoms with van der Waals surface area (Å²) in [6.07, 6.45) is 2.64. The minimum atomic E-state index is -0.759. The van der Waals surface area contributed by atoms with Crippen LogP contribution in [-0.2, 0) is 4.79 Å². The van der Waals surface area contributed by atoms with Gasteiger partial charge in [-0.15, -0.1) is 0 Å². The summed E-state index contributed by atoms with van der Waals surface area (Å²) < 4.78 is 0. The molecule has 4 nitrogen and oxygen atoms in total. The van der Waals surface area contributed by atoms with Gasteiger partial charge in [0.1, 0.15) is 5.41 Å². The Morgan fingerprint density at radius 2 is 2.19 bits per heavy atom. The van der Waals surface area contributed by atoms with E-state index < -0.39 is 5.41 Å². The van der Waals surface area contributed by atoms with Gasteiger partial charge in [0.2, 0.25) is 5.91 Å². The first kappa shape index (κ1) is 13.0. The number of nitriles is 1. The molecule has 4 heteroatoms. The molecule has 0 bridgehead atoms. The van der Waals surface area contributed by atoms with Gasteiger partial charge in [0.25, 0.3) is 0 Å². The fraction of sp³-hybridized carbons (Fsp3) is 0.833. The summed E-state index contributed by atoms with van der Waals surface area (Å²) in [6.45, 7) is 4.25. The quantitative estimate of drug-likeness (QED) is 0.737. The normalized spacial score (nSPS) is 21.4. The number of nitrogens with one attached hydrogen (secondary N) is 1. The van der Waals surface area contributed by atoms with Crippen LogP contribution < -0.4 is 5.32 Å². The number of carbonyl (C=O) groups is 1. The summed E-state index contributed by atoms with van der Waals surface area (Å²) in [5.41, 5.74) is -0.759. The molecule has 0 aliphatic heterocycles. The molecule has 1 aliphatic rings. The van der Waals surface area contributed by atoms with Crippen molar-refractivity contribution in [1.29, 1.82) is 5.26 Å². The smallest absolute Gasteiger partial charge is 0.240 e. The molecule has 0 aromatic carbocycles. The molecule has 1 amide bonds. The van der Waals surface area contributed by atoms with E-state index in [1.165, 1.54) is 0 Å². The summed E-state index contributed by atoms with van der Waals surface area (Å²) >= 11 is 0. The number of hydrogen-bond donors (Lipinski definition) is 2. The topological polar surface area (TPSA) is 73.1 Å². The molecule has 2 N–H and O–H groups in total. The van der Waals surface area contributed by atoms with Gasteiger partial charge in [-0.2, -0.15) is 5.26 Å². The van der Waals surface area contributed by atoms with Crippen molar-refractivity contribution >= 4 is 5.91 Å². The van der Waals surface area contributed by atoms with Gasteiger partial charge in [-0.25, -0.2) is 0 Å². The molecule has 0 radical (unpaired) electrons. The Bertz CT molecular complexity index is 290. The van der Waals surface area contributed by atoms with E-state index in [0.29, 0.717) is 25.8 Å². The van der Waals surface area contributed by atoms with E-state index in [9.17, 15) is 9.90 Å². The summed E-state index contributed by atoms with van der Waals surface area (Å²) in [4.78, 5) is 11.8. The number of aliphatic hydroxyl groups excluding tert-OH is 1. The lowest BCUT2D eigenvalue weighted by molar-refractivity contribution is -0.131. The highest BCUT2D eigenvalue weighted by atomic mass is 16.3. The molecule has 90 valence electrons. The van der Waals surface area contributed by atoms with Crippen LogP contribution in [0.5, 0.6) is 0 Å². The van der Waals surface area contributed by atoms with Crippen LogP contribution in [-0.4, -0.2) is 23.7 Å². The third-order valence-electron chi connectivity index (χ3n) is 3.21. The van der Waals surface area contributed by atoms with Crippen LogP contribution in [0.2, 0.25) is 0 Å². The first-order chi connectivity index (χ1) is 7.50. The average Bonchev–Trinajstić information content (AvgIpc) is 2.12. The summed E-state index contributed by atoms with van der Waals surface area (Å²) in [7, 11) is 0. The number of carbonyl (C=O) groups excluding carboxylic acids is 1. The van der Waals surface area contributed by atoms with Crippen molar-refractivity contribution in [3.8, 4) is 6.07 Å². The van der Waals surface area contributed by atoms with Crippen molar-refractivity contribution in [3.05, 3.63) is 0 Å². The SMILES string of the molecule is CC(O)CC(C)CNC(=O)C1(C#N)CCC1. The number of aliphatic hydroxyl groups is 1. The van der Waals surface area contributed by atoms with E-state index >= 15 is 0 Å². The fourth-order valence-electron chi connectivity index (χ4n) is 2.02. The zero-order valence-electron chi connectivity index (χ0n) is 9.99. The van der Waals surface area contributed by atoms with Crippen LogP contribution in [0.15, 0.2) is 0 Å². The lowest BCUT2D eigenvalue weighted by atomic mass is 9.69. The minimum Gasteiger partial charge on any atom is -0.393 e. The Kier molecular flexibility index (Phi) is 4.31. The maximum Gasteiger partial charge on any atom is 0.240 e. The van der Waals surface area contributed by atoms with Crippen molar-refractivity contribution in [2.75, 3.05) is 6.54 Å². The van der Waals surface area contributed by atoms with Crippen molar-refractivity contribution in [2.24, 2.45) is 11.3 Å². The molecular formula is C12H20N2O2. The summed E-state index contributed by atoms with van der Waals surface area (Å²) in [5, 5.41) is 21.0. The lowest BCUT2D eigenvalue weighted by Gasteiger charge is -2.33. The molecule has 1 saturated carbocycles. The number of hydrogen-bond acceptors (Lipinski definition) is 3. The van der Waals surface area contributed by atoms with Crippen LogP contribution in [0.3, 0.4) is 0 Å². The van der Waals surface area contributed by atoms with Gasteiger partial charge in [0.15, 0.2) is 0 Å². The zero-order chi connectivity index (χ0) is 12.2. The van der Waals surface area contributed by atoms with Gasteiger partial charge in [0, 0.05) is 6.54 Å². The number of amides is 1. The van der Waals surface area contributed by atoms with Crippen molar-refractivity contribution < 1.29 is 9.90 Å². The average molecular weight is 224 g/mol. The molecule has 16 heavy (non-hydrogen) atoms. The molecule has 2 unspecified atom stereocenters. The molecule has 0 spiro atoms. The van der Waals surface area contributed by atoms with Gasteiger partial charge in [-0.05, 0) is 38.5 Å². The Morgan fingerprint density at radius 3 is 2.56 bits per heavy atom. The maximum absolute atomic E-state index is 11.8. The largest absolute Gasteiger partial charge is 0.393 e. The molecule has 2 atom stereocenters. The van der Waals surface area contributed by atoms with Gasteiger partial charge < -0.3 is 10.4 Å². The highest BCUT2D eigenvalue weighted by molar-refractivity contribution is 5.86. The van der Waals surface area contributed by atoms with Crippen molar-refractivity contribution in [1.82, 2.24) is 5.32 Å². The Labute approximate surface area is 96.6 Å². The molecular weight excluding hydrogens is 204 g/mol. The van der Waals surface area contributed by atoms with E-state index in [0.717, 1.165) is 6.42 Å². The molecule has 1 aliphatic carbocycles.